The normalized spacial score (nSPS) is 18.9. The molecular formula is C19H19FO4. The van der Waals surface area contributed by atoms with Crippen LogP contribution in [0.25, 0.3) is 11.1 Å². The molecular weight excluding hydrogens is 311 g/mol. The zero-order chi connectivity index (χ0) is 17.1. The highest BCUT2D eigenvalue weighted by Gasteiger charge is 2.43. The van der Waals surface area contributed by atoms with Crippen LogP contribution in [0.2, 0.25) is 0 Å². The van der Waals surface area contributed by atoms with Gasteiger partial charge in [0.05, 0.1) is 19.1 Å². The number of hydrogen-bond donors (Lipinski definition) is 1. The van der Waals surface area contributed by atoms with Gasteiger partial charge < -0.3 is 14.6 Å². The van der Waals surface area contributed by atoms with E-state index in [1.807, 2.05) is 6.92 Å². The zero-order valence-electron chi connectivity index (χ0n) is 13.4. The number of halogens is 1. The summed E-state index contributed by atoms with van der Waals surface area (Å²) >= 11 is 0. The molecule has 1 aliphatic rings. The van der Waals surface area contributed by atoms with E-state index in [0.29, 0.717) is 36.7 Å². The van der Waals surface area contributed by atoms with E-state index in [4.69, 9.17) is 14.6 Å². The highest BCUT2D eigenvalue weighted by Crippen LogP contribution is 2.39. The summed E-state index contributed by atoms with van der Waals surface area (Å²) in [6.07, 6.45) is 0.669. The quantitative estimate of drug-likeness (QED) is 0.834. The first-order valence-corrected chi connectivity index (χ1v) is 7.97. The lowest BCUT2D eigenvalue weighted by Gasteiger charge is -2.09. The highest BCUT2D eigenvalue weighted by molar-refractivity contribution is 5.73. The summed E-state index contributed by atoms with van der Waals surface area (Å²) in [4.78, 5) is 10.8. The van der Waals surface area contributed by atoms with Gasteiger partial charge in [-0.1, -0.05) is 12.1 Å². The van der Waals surface area contributed by atoms with Crippen molar-refractivity contribution < 1.29 is 23.8 Å². The lowest BCUT2D eigenvalue weighted by Crippen LogP contribution is -2.06. The topological polar surface area (TPSA) is 55.8 Å². The molecule has 5 heteroatoms. The molecule has 3 rings (SSSR count). The van der Waals surface area contributed by atoms with E-state index >= 15 is 0 Å². The Labute approximate surface area is 139 Å². The fourth-order valence-electron chi connectivity index (χ4n) is 2.65. The maximum absolute atomic E-state index is 14.0. The lowest BCUT2D eigenvalue weighted by atomic mass is 10.0. The van der Waals surface area contributed by atoms with Crippen LogP contribution in [0.1, 0.15) is 13.3 Å². The Hall–Kier alpha value is -2.56. The van der Waals surface area contributed by atoms with Gasteiger partial charge in [-0.25, -0.2) is 4.39 Å². The smallest absolute Gasteiger partial charge is 0.306 e. The van der Waals surface area contributed by atoms with Crippen LogP contribution in [0.15, 0.2) is 42.5 Å². The molecule has 0 aromatic heterocycles. The van der Waals surface area contributed by atoms with Crippen LogP contribution < -0.4 is 9.47 Å². The summed E-state index contributed by atoms with van der Waals surface area (Å²) < 4.78 is 25.1. The molecule has 1 N–H and O–H groups in total. The van der Waals surface area contributed by atoms with Crippen LogP contribution in [0.3, 0.4) is 0 Å². The van der Waals surface area contributed by atoms with Gasteiger partial charge in [0.1, 0.15) is 17.3 Å². The molecule has 0 amide bonds. The fourth-order valence-corrected chi connectivity index (χ4v) is 2.65. The minimum absolute atomic E-state index is 0.0856. The average molecular weight is 330 g/mol. The SMILES string of the molecule is CCOc1ccc(F)c(-c2ccc(OC[C@@H]3C[C@H]3C(=O)O)cc2)c1. The van der Waals surface area contributed by atoms with Gasteiger partial charge in [0.25, 0.3) is 0 Å². The second-order valence-electron chi connectivity index (χ2n) is 5.85. The molecule has 1 aliphatic carbocycles. The summed E-state index contributed by atoms with van der Waals surface area (Å²) in [6, 6.07) is 11.8. The zero-order valence-corrected chi connectivity index (χ0v) is 13.4. The average Bonchev–Trinajstić information content (AvgIpc) is 3.36. The van der Waals surface area contributed by atoms with Gasteiger partial charge in [-0.2, -0.15) is 0 Å². The molecule has 0 unspecified atom stereocenters. The number of rotatable bonds is 7. The molecule has 0 aliphatic heterocycles. The number of benzene rings is 2. The molecule has 0 bridgehead atoms. The second kappa shape index (κ2) is 6.91. The summed E-state index contributed by atoms with van der Waals surface area (Å²) in [5.74, 6) is 0.0130. The van der Waals surface area contributed by atoms with Crippen LogP contribution in [0, 0.1) is 17.7 Å². The van der Waals surface area contributed by atoms with Crippen LogP contribution in [0.4, 0.5) is 4.39 Å². The van der Waals surface area contributed by atoms with Gasteiger partial charge in [0.2, 0.25) is 0 Å². The van der Waals surface area contributed by atoms with Crippen molar-refractivity contribution in [3.05, 3.63) is 48.3 Å². The van der Waals surface area contributed by atoms with Gasteiger partial charge in [-0.3, -0.25) is 4.79 Å². The van der Waals surface area contributed by atoms with E-state index in [9.17, 15) is 9.18 Å². The van der Waals surface area contributed by atoms with Crippen molar-refractivity contribution >= 4 is 5.97 Å². The third kappa shape index (κ3) is 3.67. The fraction of sp³-hybridized carbons (Fsp3) is 0.316. The van der Waals surface area contributed by atoms with Gasteiger partial charge in [0, 0.05) is 11.5 Å². The van der Waals surface area contributed by atoms with Gasteiger partial charge in [-0.05, 0) is 49.2 Å². The Morgan fingerprint density at radius 1 is 1.17 bits per heavy atom. The standard InChI is InChI=1S/C19H19FO4/c1-2-23-15-7-8-18(20)16(10-15)12-3-5-14(6-4-12)24-11-13-9-17(13)19(21)22/h3-8,10,13,17H,2,9,11H2,1H3,(H,21,22)/t13-,17+/m0/s1. The summed E-state index contributed by atoms with van der Waals surface area (Å²) in [7, 11) is 0. The molecule has 2 aromatic carbocycles. The Kier molecular flexibility index (Phi) is 4.69. The molecule has 2 atom stereocenters. The third-order valence-corrected chi connectivity index (χ3v) is 4.12. The van der Waals surface area contributed by atoms with Crippen molar-refractivity contribution in [3.63, 3.8) is 0 Å². The summed E-state index contributed by atoms with van der Waals surface area (Å²) in [5, 5.41) is 8.87. The van der Waals surface area contributed by atoms with E-state index in [1.54, 1.807) is 36.4 Å². The van der Waals surface area contributed by atoms with Crippen molar-refractivity contribution in [2.45, 2.75) is 13.3 Å². The highest BCUT2D eigenvalue weighted by atomic mass is 19.1. The number of aliphatic carboxylic acids is 1. The van der Waals surface area contributed by atoms with Crippen LogP contribution in [-0.4, -0.2) is 24.3 Å². The van der Waals surface area contributed by atoms with Crippen molar-refractivity contribution in [3.8, 4) is 22.6 Å². The molecule has 24 heavy (non-hydrogen) atoms. The van der Waals surface area contributed by atoms with Crippen molar-refractivity contribution in [2.24, 2.45) is 11.8 Å². The summed E-state index contributed by atoms with van der Waals surface area (Å²) in [6.45, 7) is 2.80. The minimum Gasteiger partial charge on any atom is -0.494 e. The van der Waals surface area contributed by atoms with Crippen LogP contribution in [0.5, 0.6) is 11.5 Å². The van der Waals surface area contributed by atoms with Gasteiger partial charge >= 0.3 is 5.97 Å². The number of hydrogen-bond acceptors (Lipinski definition) is 3. The molecule has 0 radical (unpaired) electrons. The van der Waals surface area contributed by atoms with E-state index in [2.05, 4.69) is 0 Å². The Bertz CT molecular complexity index is 727. The number of carboxylic acid groups (broad SMARTS) is 1. The summed E-state index contributed by atoms with van der Waals surface area (Å²) in [5.41, 5.74) is 1.21. The van der Waals surface area contributed by atoms with Crippen LogP contribution >= 0.6 is 0 Å². The van der Waals surface area contributed by atoms with E-state index in [1.165, 1.54) is 6.07 Å². The Balaban J connectivity index is 1.66. The number of ether oxygens (including phenoxy) is 2. The molecule has 1 fully saturated rings. The van der Waals surface area contributed by atoms with E-state index < -0.39 is 5.97 Å². The maximum Gasteiger partial charge on any atom is 0.306 e. The van der Waals surface area contributed by atoms with E-state index in [0.717, 1.165) is 5.56 Å². The molecule has 4 nitrogen and oxygen atoms in total. The van der Waals surface area contributed by atoms with Gasteiger partial charge in [-0.15, -0.1) is 0 Å². The van der Waals surface area contributed by atoms with Crippen LogP contribution in [-0.2, 0) is 4.79 Å². The first-order chi connectivity index (χ1) is 11.6. The van der Waals surface area contributed by atoms with E-state index in [-0.39, 0.29) is 17.7 Å². The van der Waals surface area contributed by atoms with Gasteiger partial charge in [0.15, 0.2) is 0 Å². The lowest BCUT2D eigenvalue weighted by molar-refractivity contribution is -0.138. The predicted octanol–water partition coefficient (Wildman–Crippen LogP) is 3.99. The molecule has 126 valence electrons. The molecule has 0 saturated heterocycles. The minimum atomic E-state index is -0.761. The first-order valence-electron chi connectivity index (χ1n) is 7.97. The maximum atomic E-state index is 14.0. The largest absolute Gasteiger partial charge is 0.494 e. The first kappa shape index (κ1) is 16.3. The molecule has 0 heterocycles. The Morgan fingerprint density at radius 2 is 1.88 bits per heavy atom. The molecule has 2 aromatic rings. The monoisotopic (exact) mass is 330 g/mol. The number of carboxylic acids is 1. The Morgan fingerprint density at radius 3 is 2.50 bits per heavy atom. The second-order valence-corrected chi connectivity index (χ2v) is 5.85. The van der Waals surface area contributed by atoms with Crippen molar-refractivity contribution in [1.29, 1.82) is 0 Å². The van der Waals surface area contributed by atoms with Crippen molar-refractivity contribution in [1.82, 2.24) is 0 Å². The predicted molar refractivity (Wildman–Crippen MR) is 87.7 cm³/mol. The number of carbonyl (C=O) groups is 1. The van der Waals surface area contributed by atoms with Crippen molar-refractivity contribution in [2.75, 3.05) is 13.2 Å². The molecule has 0 spiro atoms. The third-order valence-electron chi connectivity index (χ3n) is 4.12. The molecule has 1 saturated carbocycles.